The van der Waals surface area contributed by atoms with E-state index in [-0.39, 0.29) is 0 Å². The first kappa shape index (κ1) is 13.1. The third-order valence-electron chi connectivity index (χ3n) is 3.05. The summed E-state index contributed by atoms with van der Waals surface area (Å²) in [6.07, 6.45) is 0. The Hall–Kier alpha value is -0.360. The summed E-state index contributed by atoms with van der Waals surface area (Å²) in [6.45, 7) is 4.53. The summed E-state index contributed by atoms with van der Waals surface area (Å²) in [4.78, 5) is 0. The molecule has 2 aromatic carbocycles. The number of rotatable bonds is 2. The van der Waals surface area contributed by atoms with Gasteiger partial charge in [-0.1, -0.05) is 0 Å². The molecular formula is C14H15BrClP. The Balaban J connectivity index is 2.67. The van der Waals surface area contributed by atoms with E-state index in [1.54, 1.807) is 0 Å². The van der Waals surface area contributed by atoms with E-state index in [4.69, 9.17) is 11.6 Å². The Labute approximate surface area is 116 Å². The molecule has 0 N–H and O–H groups in total. The maximum atomic E-state index is 6.35. The van der Waals surface area contributed by atoms with Crippen molar-refractivity contribution >= 4 is 43.0 Å². The van der Waals surface area contributed by atoms with Crippen molar-refractivity contribution < 1.29 is 0 Å². The number of hydrogen-bond donors (Lipinski definition) is 0. The minimum atomic E-state index is -2.30. The van der Waals surface area contributed by atoms with Crippen molar-refractivity contribution in [3.63, 3.8) is 0 Å². The molecule has 2 aromatic rings. The summed E-state index contributed by atoms with van der Waals surface area (Å²) in [6, 6.07) is 18.6. The zero-order valence-corrected chi connectivity index (χ0v) is 13.1. The average molecular weight is 330 g/mol. The molecule has 0 heterocycles. The quantitative estimate of drug-likeness (QED) is 0.716. The molecule has 0 unspecified atom stereocenters. The van der Waals surface area contributed by atoms with Crippen LogP contribution >= 0.6 is 32.4 Å². The molecule has 2 rings (SSSR count). The molecule has 0 aliphatic rings. The van der Waals surface area contributed by atoms with E-state index in [1.165, 1.54) is 10.6 Å². The Morgan fingerprint density at radius 1 is 0.882 bits per heavy atom. The van der Waals surface area contributed by atoms with Gasteiger partial charge in [-0.25, -0.2) is 0 Å². The summed E-state index contributed by atoms with van der Waals surface area (Å²) < 4.78 is 0. The van der Waals surface area contributed by atoms with Gasteiger partial charge in [0.15, 0.2) is 0 Å². The number of halogens is 2. The molecule has 0 radical (unpaired) electrons. The van der Waals surface area contributed by atoms with E-state index in [0.717, 1.165) is 5.02 Å². The second-order valence-electron chi connectivity index (χ2n) is 4.75. The van der Waals surface area contributed by atoms with Crippen LogP contribution < -0.4 is 10.6 Å². The van der Waals surface area contributed by atoms with Crippen molar-refractivity contribution in [2.75, 3.05) is 13.3 Å². The van der Waals surface area contributed by atoms with Gasteiger partial charge >= 0.3 is 116 Å². The van der Waals surface area contributed by atoms with Gasteiger partial charge in [0, 0.05) is 0 Å². The van der Waals surface area contributed by atoms with Crippen LogP contribution in [0.3, 0.4) is 0 Å². The first-order valence-electron chi connectivity index (χ1n) is 5.44. The van der Waals surface area contributed by atoms with Gasteiger partial charge in [0.2, 0.25) is 0 Å². The van der Waals surface area contributed by atoms with Gasteiger partial charge in [0.05, 0.1) is 0 Å². The summed E-state index contributed by atoms with van der Waals surface area (Å²) in [5.74, 6) is 0. The van der Waals surface area contributed by atoms with Gasteiger partial charge in [-0.2, -0.15) is 0 Å². The summed E-state index contributed by atoms with van der Waals surface area (Å²) >= 11 is 10.4. The molecule has 90 valence electrons. The fraction of sp³-hybridized carbons (Fsp3) is 0.143. The van der Waals surface area contributed by atoms with Crippen molar-refractivity contribution in [2.45, 2.75) is 0 Å². The Kier molecular flexibility index (Phi) is 3.38. The van der Waals surface area contributed by atoms with Crippen LogP contribution in [0.5, 0.6) is 0 Å². The van der Waals surface area contributed by atoms with Crippen LogP contribution in [-0.2, 0) is 0 Å². The number of benzene rings is 2. The van der Waals surface area contributed by atoms with E-state index in [9.17, 15) is 0 Å². The second kappa shape index (κ2) is 4.39. The molecule has 0 saturated carbocycles. The molecule has 0 amide bonds. The zero-order chi connectivity index (χ0) is 12.5. The molecule has 0 bridgehead atoms. The third-order valence-corrected chi connectivity index (χ3v) is 9.44. The van der Waals surface area contributed by atoms with Crippen molar-refractivity contribution in [2.24, 2.45) is 0 Å². The molecule has 0 saturated heterocycles. The SMILES string of the molecule is CP(C)(Br)(c1ccccc1)c1ccccc1Cl. The van der Waals surface area contributed by atoms with Gasteiger partial charge < -0.3 is 0 Å². The van der Waals surface area contributed by atoms with Gasteiger partial charge in [-0.3, -0.25) is 0 Å². The summed E-state index contributed by atoms with van der Waals surface area (Å²) in [5, 5.41) is 1.04. The summed E-state index contributed by atoms with van der Waals surface area (Å²) in [5.41, 5.74) is 0. The fourth-order valence-corrected chi connectivity index (χ4v) is 7.32. The average Bonchev–Trinajstić information content (AvgIpc) is 2.30. The monoisotopic (exact) mass is 328 g/mol. The zero-order valence-electron chi connectivity index (χ0n) is 9.90. The van der Waals surface area contributed by atoms with Crippen molar-refractivity contribution in [1.82, 2.24) is 0 Å². The molecular weight excluding hydrogens is 314 g/mol. The first-order chi connectivity index (χ1) is 7.90. The van der Waals surface area contributed by atoms with Gasteiger partial charge in [0.1, 0.15) is 0 Å². The fourth-order valence-electron chi connectivity index (χ4n) is 1.97. The van der Waals surface area contributed by atoms with Crippen LogP contribution in [0.25, 0.3) is 0 Å². The Bertz CT molecular complexity index is 529. The van der Waals surface area contributed by atoms with E-state index in [0.29, 0.717) is 0 Å². The molecule has 0 nitrogen and oxygen atoms in total. The maximum absolute atomic E-state index is 6.35. The van der Waals surface area contributed by atoms with Gasteiger partial charge in [-0.05, 0) is 0 Å². The van der Waals surface area contributed by atoms with E-state index < -0.39 is 5.31 Å². The normalized spacial score (nSPS) is 14.0. The first-order valence-corrected chi connectivity index (χ1v) is 11.0. The van der Waals surface area contributed by atoms with Gasteiger partial charge in [-0.15, -0.1) is 0 Å². The van der Waals surface area contributed by atoms with Crippen LogP contribution in [0, 0.1) is 0 Å². The molecule has 0 aliphatic heterocycles. The minimum absolute atomic E-state index is 0.830. The molecule has 17 heavy (non-hydrogen) atoms. The van der Waals surface area contributed by atoms with Crippen molar-refractivity contribution in [1.29, 1.82) is 0 Å². The predicted octanol–water partition coefficient (Wildman–Crippen LogP) is 4.41. The molecule has 0 aliphatic carbocycles. The topological polar surface area (TPSA) is 0 Å². The Morgan fingerprint density at radius 3 is 2.00 bits per heavy atom. The van der Waals surface area contributed by atoms with Crippen molar-refractivity contribution in [3.05, 3.63) is 59.6 Å². The van der Waals surface area contributed by atoms with Crippen molar-refractivity contribution in [3.8, 4) is 0 Å². The number of hydrogen-bond acceptors (Lipinski definition) is 0. The van der Waals surface area contributed by atoms with Crippen LogP contribution in [-0.4, -0.2) is 13.3 Å². The summed E-state index contributed by atoms with van der Waals surface area (Å²) in [7, 11) is 0. The van der Waals surface area contributed by atoms with Crippen LogP contribution in [0.1, 0.15) is 0 Å². The molecule has 0 spiro atoms. The molecule has 0 atom stereocenters. The van der Waals surface area contributed by atoms with E-state index in [1.807, 2.05) is 24.3 Å². The second-order valence-corrected chi connectivity index (χ2v) is 16.5. The van der Waals surface area contributed by atoms with Crippen LogP contribution in [0.4, 0.5) is 0 Å². The van der Waals surface area contributed by atoms with E-state index in [2.05, 4.69) is 59.2 Å². The van der Waals surface area contributed by atoms with E-state index >= 15 is 0 Å². The third kappa shape index (κ3) is 2.42. The Morgan fingerprint density at radius 2 is 1.41 bits per heavy atom. The van der Waals surface area contributed by atoms with Crippen LogP contribution in [0.15, 0.2) is 54.6 Å². The van der Waals surface area contributed by atoms with Crippen LogP contribution in [0.2, 0.25) is 5.02 Å². The molecule has 0 aromatic heterocycles. The standard InChI is InChI=1S/C14H15BrClP/c1-17(2,15,12-8-4-3-5-9-12)14-11-7-6-10-13(14)16/h3-11H,1-2H3. The molecule has 3 heteroatoms. The van der Waals surface area contributed by atoms with Gasteiger partial charge in [0.25, 0.3) is 0 Å². The predicted molar refractivity (Wildman–Crippen MR) is 84.9 cm³/mol. The molecule has 0 fully saturated rings.